The number of phosphoric ester groups is 2. The molecule has 0 heterocycles. The van der Waals surface area contributed by atoms with E-state index < -0.39 is 97.5 Å². The number of rotatable bonds is 74. The quantitative estimate of drug-likeness (QED) is 0.0169. The zero-order valence-electron chi connectivity index (χ0n) is 62.2. The molecule has 0 amide bonds. The number of carbonyl (C=O) groups is 4. The number of unbranched alkanes of at least 4 members (excludes halogenated alkanes) is 41. The molecule has 0 aromatic heterocycles. The van der Waals surface area contributed by atoms with Crippen LogP contribution in [0.2, 0.25) is 0 Å². The number of phosphoric acid groups is 2. The highest BCUT2D eigenvalue weighted by molar-refractivity contribution is 7.47. The van der Waals surface area contributed by atoms with E-state index in [1.54, 1.807) is 0 Å². The Hall–Kier alpha value is -2.46. The van der Waals surface area contributed by atoms with Crippen molar-refractivity contribution in [2.75, 3.05) is 39.6 Å². The van der Waals surface area contributed by atoms with Crippen molar-refractivity contribution in [3.63, 3.8) is 0 Å². The summed E-state index contributed by atoms with van der Waals surface area (Å²) in [6, 6.07) is 0. The zero-order valence-corrected chi connectivity index (χ0v) is 63.9. The normalized spacial score (nSPS) is 14.2. The van der Waals surface area contributed by atoms with Gasteiger partial charge in [-0.05, 0) is 63.2 Å². The van der Waals surface area contributed by atoms with Gasteiger partial charge in [0.1, 0.15) is 19.3 Å². The molecule has 2 unspecified atom stereocenters. The van der Waals surface area contributed by atoms with Crippen LogP contribution in [0.15, 0.2) is 24.3 Å². The second-order valence-electron chi connectivity index (χ2n) is 28.0. The van der Waals surface area contributed by atoms with Gasteiger partial charge in [-0.1, -0.05) is 323 Å². The Kier molecular flexibility index (Phi) is 66.6. The maximum absolute atomic E-state index is 13.1. The summed E-state index contributed by atoms with van der Waals surface area (Å²) < 4.78 is 68.5. The summed E-state index contributed by atoms with van der Waals surface area (Å²) in [4.78, 5) is 72.7. The van der Waals surface area contributed by atoms with Gasteiger partial charge in [-0.25, -0.2) is 9.13 Å². The Morgan fingerprint density at radius 3 is 0.854 bits per heavy atom. The molecule has 19 heteroatoms. The average Bonchev–Trinajstić information content (AvgIpc) is 2.62. The fourth-order valence-corrected chi connectivity index (χ4v) is 12.9. The minimum atomic E-state index is -4.96. The molecule has 0 saturated heterocycles. The average molecular weight is 1410 g/mol. The number of carbonyl (C=O) groups excluding carboxylic acids is 4. The van der Waals surface area contributed by atoms with Crippen molar-refractivity contribution in [3.05, 3.63) is 24.3 Å². The van der Waals surface area contributed by atoms with Crippen molar-refractivity contribution in [3.8, 4) is 0 Å². The minimum Gasteiger partial charge on any atom is -0.462 e. The summed E-state index contributed by atoms with van der Waals surface area (Å²) in [7, 11) is -9.92. The molecule has 0 radical (unpaired) electrons. The first kappa shape index (κ1) is 93.5. The lowest BCUT2D eigenvalue weighted by atomic mass is 10.0. The van der Waals surface area contributed by atoms with Crippen molar-refractivity contribution in [1.82, 2.24) is 0 Å². The number of ether oxygens (including phenoxy) is 4. The van der Waals surface area contributed by atoms with Crippen molar-refractivity contribution in [2.24, 2.45) is 11.8 Å². The van der Waals surface area contributed by atoms with Gasteiger partial charge in [0.2, 0.25) is 0 Å². The molecule has 0 aliphatic heterocycles. The van der Waals surface area contributed by atoms with Gasteiger partial charge < -0.3 is 33.8 Å². The van der Waals surface area contributed by atoms with Gasteiger partial charge in [0, 0.05) is 25.7 Å². The molecule has 0 aromatic rings. The van der Waals surface area contributed by atoms with Gasteiger partial charge in [-0.2, -0.15) is 0 Å². The third-order valence-electron chi connectivity index (χ3n) is 17.3. The highest BCUT2D eigenvalue weighted by Crippen LogP contribution is 2.45. The first-order valence-electron chi connectivity index (χ1n) is 39.3. The monoisotopic (exact) mass is 1410 g/mol. The Balaban J connectivity index is 5.25. The van der Waals surface area contributed by atoms with Crippen LogP contribution in [0, 0.1) is 11.8 Å². The zero-order chi connectivity index (χ0) is 70.7. The highest BCUT2D eigenvalue weighted by atomic mass is 31.2. The molecule has 17 nitrogen and oxygen atoms in total. The first-order chi connectivity index (χ1) is 46.4. The van der Waals surface area contributed by atoms with E-state index in [1.165, 1.54) is 167 Å². The van der Waals surface area contributed by atoms with Crippen molar-refractivity contribution >= 4 is 39.5 Å². The smallest absolute Gasteiger partial charge is 0.462 e. The molecule has 0 aliphatic rings. The highest BCUT2D eigenvalue weighted by Gasteiger charge is 2.30. The molecule has 0 bridgehead atoms. The Bertz CT molecular complexity index is 1950. The Morgan fingerprint density at radius 1 is 0.323 bits per heavy atom. The number of aliphatic hydroxyl groups excluding tert-OH is 1. The number of aliphatic hydroxyl groups is 1. The van der Waals surface area contributed by atoms with Crippen LogP contribution in [-0.4, -0.2) is 96.7 Å². The Labute approximate surface area is 586 Å². The summed E-state index contributed by atoms with van der Waals surface area (Å²) in [5, 5.41) is 10.6. The molecule has 0 fully saturated rings. The van der Waals surface area contributed by atoms with Gasteiger partial charge >= 0.3 is 39.5 Å². The van der Waals surface area contributed by atoms with Gasteiger partial charge in [0.05, 0.1) is 26.4 Å². The lowest BCUT2D eigenvalue weighted by molar-refractivity contribution is -0.161. The van der Waals surface area contributed by atoms with Crippen LogP contribution >= 0.6 is 15.6 Å². The molecule has 0 rings (SSSR count). The molecule has 0 aromatic carbocycles. The van der Waals surface area contributed by atoms with Crippen LogP contribution in [0.5, 0.6) is 0 Å². The van der Waals surface area contributed by atoms with Crippen LogP contribution in [-0.2, 0) is 65.4 Å². The summed E-state index contributed by atoms with van der Waals surface area (Å²) >= 11 is 0. The number of hydrogen-bond acceptors (Lipinski definition) is 15. The lowest BCUT2D eigenvalue weighted by Gasteiger charge is -2.21. The molecule has 0 aliphatic carbocycles. The summed E-state index contributed by atoms with van der Waals surface area (Å²) in [5.74, 6) is -0.571. The summed E-state index contributed by atoms with van der Waals surface area (Å²) in [6.07, 6.45) is 59.1. The fourth-order valence-electron chi connectivity index (χ4n) is 11.3. The predicted octanol–water partition coefficient (Wildman–Crippen LogP) is 22.3. The molecule has 96 heavy (non-hydrogen) atoms. The molecule has 566 valence electrons. The van der Waals surface area contributed by atoms with Crippen LogP contribution in [0.25, 0.3) is 0 Å². The van der Waals surface area contributed by atoms with Crippen LogP contribution in [0.3, 0.4) is 0 Å². The van der Waals surface area contributed by atoms with E-state index in [4.69, 9.17) is 37.0 Å². The third kappa shape index (κ3) is 70.0. The van der Waals surface area contributed by atoms with Crippen LogP contribution in [0.1, 0.15) is 375 Å². The second kappa shape index (κ2) is 68.3. The molecule has 0 spiro atoms. The number of esters is 4. The van der Waals surface area contributed by atoms with Crippen molar-refractivity contribution in [1.29, 1.82) is 0 Å². The minimum absolute atomic E-state index is 0.101. The van der Waals surface area contributed by atoms with E-state index in [2.05, 4.69) is 65.8 Å². The SMILES string of the molecule is CCCCCC/C=C\C=C/CCCCCCCC(=O)OC[C@H](COP(=O)(O)OC[C@@H](O)COP(=O)(O)OC[C@@H](COC(=O)CCCCCCCCCC)OC(=O)CCCCCCCCCCCCCCC(C)C)OC(=O)CCCCCCCCCCCCCCCCCC(C)C. The van der Waals surface area contributed by atoms with Crippen molar-refractivity contribution in [2.45, 2.75) is 394 Å². The van der Waals surface area contributed by atoms with Gasteiger partial charge in [0.25, 0.3) is 0 Å². The van der Waals surface area contributed by atoms with E-state index >= 15 is 0 Å². The van der Waals surface area contributed by atoms with Gasteiger partial charge in [-0.3, -0.25) is 37.3 Å². The van der Waals surface area contributed by atoms with E-state index in [9.17, 15) is 43.2 Å². The first-order valence-corrected chi connectivity index (χ1v) is 42.3. The molecular formula is C77H146O17P2. The van der Waals surface area contributed by atoms with Gasteiger partial charge in [-0.15, -0.1) is 0 Å². The van der Waals surface area contributed by atoms with E-state index in [-0.39, 0.29) is 25.7 Å². The lowest BCUT2D eigenvalue weighted by Crippen LogP contribution is -2.30. The Morgan fingerprint density at radius 2 is 0.562 bits per heavy atom. The van der Waals surface area contributed by atoms with Crippen molar-refractivity contribution < 1.29 is 80.2 Å². The largest absolute Gasteiger partial charge is 0.472 e. The standard InChI is InChI=1S/C77H146O17P2/c1-7-9-11-13-15-17-18-19-21-25-31-36-42-48-54-60-75(80)88-66-73(94-76(81)61-55-49-43-37-32-26-23-20-22-24-29-34-39-45-51-57-69(3)4)68-92-96(85,86)90-64-71(78)63-89-95(83,84)91-67-72(65-87-74(79)59-53-47-41-16-14-12-10-8-2)93-77(82)62-56-50-44-38-33-28-27-30-35-40-46-52-58-70(5)6/h17-19,21,69-73,78H,7-16,20,22-68H2,1-6H3,(H,83,84)(H,85,86)/b18-17-,21-19-/t71-,72+,73+/m0/s1. The summed E-state index contributed by atoms with van der Waals surface area (Å²) in [5.41, 5.74) is 0. The molecule has 3 N–H and O–H groups in total. The maximum atomic E-state index is 13.1. The molecule has 0 saturated carbocycles. The third-order valence-corrected chi connectivity index (χ3v) is 19.2. The van der Waals surface area contributed by atoms with Crippen LogP contribution in [0.4, 0.5) is 0 Å². The predicted molar refractivity (Wildman–Crippen MR) is 391 cm³/mol. The molecular weight excluding hydrogens is 1260 g/mol. The topological polar surface area (TPSA) is 237 Å². The van der Waals surface area contributed by atoms with E-state index in [0.29, 0.717) is 25.7 Å². The number of hydrogen-bond donors (Lipinski definition) is 3. The maximum Gasteiger partial charge on any atom is 0.472 e. The second-order valence-corrected chi connectivity index (χ2v) is 30.9. The fraction of sp³-hybridized carbons (Fsp3) is 0.896. The van der Waals surface area contributed by atoms with E-state index in [1.807, 2.05) is 0 Å². The number of allylic oxidation sites excluding steroid dienone is 4. The summed E-state index contributed by atoms with van der Waals surface area (Å²) in [6.45, 7) is 9.54. The van der Waals surface area contributed by atoms with E-state index in [0.717, 1.165) is 127 Å². The molecule has 5 atom stereocenters. The van der Waals surface area contributed by atoms with Crippen LogP contribution < -0.4 is 0 Å². The van der Waals surface area contributed by atoms with Gasteiger partial charge in [0.15, 0.2) is 12.2 Å².